The van der Waals surface area contributed by atoms with E-state index in [-0.39, 0.29) is 17.3 Å². The van der Waals surface area contributed by atoms with E-state index in [2.05, 4.69) is 47.4 Å². The van der Waals surface area contributed by atoms with Crippen LogP contribution in [-0.2, 0) is 0 Å². The standard InChI is InChI=1S/C22H16ClF2N9S/c1-10-6-30-35-21(10)20(17-9-29-34-33-17)31-12-2-14-18(32-13-4-16(24)22(25)28-8-13)11(5-26)7-27-19(14)15(23)3-12/h2-4,6-9,20,29,31,33-34H,1H3,(H,27,32)/t20-/m1/s1. The van der Waals surface area contributed by atoms with Gasteiger partial charge in [0.15, 0.2) is 5.82 Å². The smallest absolute Gasteiger partial charge is 0.249 e. The van der Waals surface area contributed by atoms with Crippen LogP contribution < -0.4 is 27.0 Å². The van der Waals surface area contributed by atoms with Gasteiger partial charge in [-0.3, -0.25) is 4.98 Å². The zero-order chi connectivity index (χ0) is 24.5. The van der Waals surface area contributed by atoms with Crippen LogP contribution in [0.5, 0.6) is 0 Å². The number of anilines is 3. The van der Waals surface area contributed by atoms with E-state index >= 15 is 0 Å². The first-order valence-corrected chi connectivity index (χ1v) is 11.3. The Kier molecular flexibility index (Phi) is 6.04. The molecule has 1 aliphatic rings. The van der Waals surface area contributed by atoms with Crippen LogP contribution in [-0.4, -0.2) is 14.3 Å². The van der Waals surface area contributed by atoms with Gasteiger partial charge in [0.05, 0.1) is 44.2 Å². The van der Waals surface area contributed by atoms with E-state index < -0.39 is 11.8 Å². The Bertz CT molecular complexity index is 1520. The minimum Gasteiger partial charge on any atom is -0.372 e. The van der Waals surface area contributed by atoms with E-state index in [1.807, 2.05) is 6.92 Å². The highest BCUT2D eigenvalue weighted by atomic mass is 35.5. The van der Waals surface area contributed by atoms with Crippen molar-refractivity contribution in [2.45, 2.75) is 13.0 Å². The molecule has 0 unspecified atom stereocenters. The molecule has 0 fully saturated rings. The van der Waals surface area contributed by atoms with Gasteiger partial charge < -0.3 is 21.5 Å². The number of nitriles is 1. The number of hydrogen-bond acceptors (Lipinski definition) is 10. The monoisotopic (exact) mass is 511 g/mol. The van der Waals surface area contributed by atoms with Crippen LogP contribution in [0.15, 0.2) is 48.7 Å². The lowest BCUT2D eigenvalue weighted by Gasteiger charge is -2.21. The molecule has 0 spiro atoms. The topological polar surface area (TPSA) is 123 Å². The Morgan fingerprint density at radius 3 is 2.69 bits per heavy atom. The Hall–Kier alpha value is -4.05. The van der Waals surface area contributed by atoms with Gasteiger partial charge in [-0.15, -0.1) is 0 Å². The average Bonchev–Trinajstić information content (AvgIpc) is 3.52. The molecule has 0 amide bonds. The maximum Gasteiger partial charge on any atom is 0.249 e. The number of rotatable bonds is 6. The highest BCUT2D eigenvalue weighted by Gasteiger charge is 2.24. The number of halogens is 3. The zero-order valence-corrected chi connectivity index (χ0v) is 19.5. The molecule has 4 aromatic rings. The van der Waals surface area contributed by atoms with Gasteiger partial charge in [-0.1, -0.05) is 11.6 Å². The van der Waals surface area contributed by atoms with Crippen molar-refractivity contribution >= 4 is 51.1 Å². The van der Waals surface area contributed by atoms with Crippen molar-refractivity contribution in [3.05, 3.63) is 81.5 Å². The van der Waals surface area contributed by atoms with Crippen LogP contribution in [0.1, 0.15) is 22.0 Å². The molecule has 13 heteroatoms. The summed E-state index contributed by atoms with van der Waals surface area (Å²) >= 11 is 7.94. The molecule has 1 aliphatic heterocycles. The number of aryl methyl sites for hydroxylation is 1. The summed E-state index contributed by atoms with van der Waals surface area (Å²) in [6, 6.07) is 6.24. The maximum atomic E-state index is 13.8. The van der Waals surface area contributed by atoms with E-state index in [4.69, 9.17) is 11.6 Å². The maximum absolute atomic E-state index is 13.8. The third kappa shape index (κ3) is 4.40. The van der Waals surface area contributed by atoms with Crippen LogP contribution in [0.4, 0.5) is 25.8 Å². The highest BCUT2D eigenvalue weighted by molar-refractivity contribution is 7.06. The summed E-state index contributed by atoms with van der Waals surface area (Å²) in [7, 11) is 0. The molecule has 0 saturated heterocycles. The van der Waals surface area contributed by atoms with Crippen molar-refractivity contribution in [2.24, 2.45) is 0 Å². The van der Waals surface area contributed by atoms with Gasteiger partial charge in [0, 0.05) is 35.7 Å². The molecule has 5 N–H and O–H groups in total. The fourth-order valence-corrected chi connectivity index (χ4v) is 4.72. The summed E-state index contributed by atoms with van der Waals surface area (Å²) in [6.07, 6.45) is 6.08. The molecule has 4 heterocycles. The molecule has 3 aromatic heterocycles. The largest absolute Gasteiger partial charge is 0.372 e. The lowest BCUT2D eigenvalue weighted by Crippen LogP contribution is -2.33. The predicted molar refractivity (Wildman–Crippen MR) is 130 cm³/mol. The molecule has 9 nitrogen and oxygen atoms in total. The van der Waals surface area contributed by atoms with E-state index in [1.54, 1.807) is 24.5 Å². The van der Waals surface area contributed by atoms with E-state index in [0.717, 1.165) is 28.4 Å². The van der Waals surface area contributed by atoms with Gasteiger partial charge >= 0.3 is 0 Å². The number of benzene rings is 1. The molecular formula is C22H16ClF2N9S. The summed E-state index contributed by atoms with van der Waals surface area (Å²) in [6.45, 7) is 1.97. The van der Waals surface area contributed by atoms with E-state index in [9.17, 15) is 14.0 Å². The highest BCUT2D eigenvalue weighted by Crippen LogP contribution is 2.37. The second-order valence-corrected chi connectivity index (χ2v) is 8.82. The van der Waals surface area contributed by atoms with Crippen molar-refractivity contribution in [2.75, 3.05) is 10.6 Å². The first-order valence-electron chi connectivity index (χ1n) is 10.2. The third-order valence-electron chi connectivity index (χ3n) is 5.29. The first-order chi connectivity index (χ1) is 16.9. The van der Waals surface area contributed by atoms with E-state index in [1.165, 1.54) is 17.7 Å². The molecule has 0 bridgehead atoms. The SMILES string of the molecule is Cc1cnsc1[C@H](Nc1cc(Cl)c2ncc(C#N)c(Nc3cnc(F)c(F)c3)c2c1)C1=CNNN1. The number of nitrogens with one attached hydrogen (secondary N) is 5. The van der Waals surface area contributed by atoms with Gasteiger partial charge in [-0.2, -0.15) is 15.2 Å². The quantitative estimate of drug-likeness (QED) is 0.237. The molecule has 0 radical (unpaired) electrons. The Balaban J connectivity index is 1.60. The molecular weight excluding hydrogens is 496 g/mol. The van der Waals surface area contributed by atoms with Crippen molar-refractivity contribution in [1.82, 2.24) is 30.7 Å². The van der Waals surface area contributed by atoms with Gasteiger partial charge in [0.25, 0.3) is 0 Å². The predicted octanol–water partition coefficient (Wildman–Crippen LogP) is 4.55. The van der Waals surface area contributed by atoms with Crippen molar-refractivity contribution in [1.29, 1.82) is 5.26 Å². The minimum atomic E-state index is -1.21. The molecule has 1 atom stereocenters. The summed E-state index contributed by atoms with van der Waals surface area (Å²) in [5, 5.41) is 16.9. The van der Waals surface area contributed by atoms with Crippen molar-refractivity contribution in [3.8, 4) is 6.07 Å². The molecule has 35 heavy (non-hydrogen) atoms. The molecule has 176 valence electrons. The molecule has 0 saturated carbocycles. The number of nitrogens with zero attached hydrogens (tertiary/aromatic N) is 4. The fraction of sp³-hybridized carbons (Fsp3) is 0.0909. The van der Waals surface area contributed by atoms with Gasteiger partial charge in [0.2, 0.25) is 5.95 Å². The number of hydrazine groups is 2. The zero-order valence-electron chi connectivity index (χ0n) is 17.9. The Labute approximate surface area is 207 Å². The lowest BCUT2D eigenvalue weighted by atomic mass is 10.1. The van der Waals surface area contributed by atoms with Crippen LogP contribution >= 0.6 is 23.1 Å². The van der Waals surface area contributed by atoms with Crippen molar-refractivity contribution < 1.29 is 8.78 Å². The van der Waals surface area contributed by atoms with Crippen LogP contribution in [0, 0.1) is 30.0 Å². The van der Waals surface area contributed by atoms with Gasteiger partial charge in [-0.05, 0) is 36.2 Å². The first kappa shape index (κ1) is 22.7. The molecule has 1 aromatic carbocycles. The minimum absolute atomic E-state index is 0.165. The Morgan fingerprint density at radius 1 is 1.14 bits per heavy atom. The van der Waals surface area contributed by atoms with Gasteiger partial charge in [0.1, 0.15) is 12.1 Å². The number of fused-ring (bicyclic) bond motifs is 1. The normalized spacial score (nSPS) is 13.5. The summed E-state index contributed by atoms with van der Waals surface area (Å²) < 4.78 is 31.3. The second-order valence-electron chi connectivity index (χ2n) is 7.58. The number of pyridine rings is 2. The van der Waals surface area contributed by atoms with Crippen molar-refractivity contribution in [3.63, 3.8) is 0 Å². The number of aromatic nitrogens is 3. The van der Waals surface area contributed by atoms with Gasteiger partial charge in [-0.25, -0.2) is 13.7 Å². The van der Waals surface area contributed by atoms with Crippen LogP contribution in [0.25, 0.3) is 10.9 Å². The summed E-state index contributed by atoms with van der Waals surface area (Å²) in [5.74, 6) is -2.33. The number of hydrogen-bond donors (Lipinski definition) is 5. The second kappa shape index (κ2) is 9.30. The lowest BCUT2D eigenvalue weighted by molar-refractivity contribution is 0.480. The third-order valence-corrected chi connectivity index (χ3v) is 6.54. The van der Waals surface area contributed by atoms with Crippen LogP contribution in [0.3, 0.4) is 0 Å². The fourth-order valence-electron chi connectivity index (χ4n) is 3.64. The summed E-state index contributed by atoms with van der Waals surface area (Å²) in [5.41, 5.74) is 12.4. The summed E-state index contributed by atoms with van der Waals surface area (Å²) in [4.78, 5) is 8.71. The molecule has 5 rings (SSSR count). The Morgan fingerprint density at radius 2 is 2.00 bits per heavy atom. The van der Waals surface area contributed by atoms with Crippen LogP contribution in [0.2, 0.25) is 5.02 Å². The van der Waals surface area contributed by atoms with E-state index in [0.29, 0.717) is 27.3 Å². The molecule has 0 aliphatic carbocycles. The average molecular weight is 512 g/mol.